The van der Waals surface area contributed by atoms with Crippen LogP contribution in [0, 0.1) is 23.7 Å². The Hall–Kier alpha value is -0.180. The van der Waals surface area contributed by atoms with Crippen molar-refractivity contribution in [1.82, 2.24) is 0 Å². The van der Waals surface area contributed by atoms with Crippen LogP contribution >= 0.6 is 0 Å². The Labute approximate surface area is 236 Å². The molecule has 0 aromatic rings. The second-order valence-electron chi connectivity index (χ2n) is 12.9. The van der Waals surface area contributed by atoms with Gasteiger partial charge in [0, 0.05) is 12.8 Å². The highest BCUT2D eigenvalue weighted by Gasteiger charge is 2.29. The van der Waals surface area contributed by atoms with Crippen LogP contribution in [0.4, 0.5) is 0 Å². The molecule has 2 rings (SSSR count). The molecule has 0 radical (unpaired) electrons. The van der Waals surface area contributed by atoms with Gasteiger partial charge in [0.15, 0.2) is 0 Å². The second kappa shape index (κ2) is 16.6. The average Bonchev–Trinajstić information content (AvgIpc) is 2.69. The van der Waals surface area contributed by atoms with Gasteiger partial charge in [-0.2, -0.15) is 0 Å². The summed E-state index contributed by atoms with van der Waals surface area (Å²) in [7, 11) is 12.7. The Bertz CT molecular complexity index is 551. The molecule has 0 N–H and O–H groups in total. The highest BCUT2D eigenvalue weighted by atomic mass is 79.9. The van der Waals surface area contributed by atoms with E-state index in [2.05, 4.69) is 42.3 Å². The number of ether oxygens (including phenoxy) is 2. The smallest absolute Gasteiger partial charge is 0.306 e. The Morgan fingerprint density at radius 2 is 0.857 bits per heavy atom. The van der Waals surface area contributed by atoms with E-state index < -0.39 is 0 Å². The van der Waals surface area contributed by atoms with E-state index in [0.717, 1.165) is 33.9 Å². The molecule has 8 heteroatoms. The van der Waals surface area contributed by atoms with E-state index in [4.69, 9.17) is 9.47 Å². The van der Waals surface area contributed by atoms with Crippen molar-refractivity contribution in [2.45, 2.75) is 70.6 Å². The summed E-state index contributed by atoms with van der Waals surface area (Å²) in [4.78, 5) is 24.3. The van der Waals surface area contributed by atoms with E-state index in [1.807, 2.05) is 0 Å². The third-order valence-electron chi connectivity index (χ3n) is 7.56. The summed E-state index contributed by atoms with van der Waals surface area (Å²) >= 11 is 0. The molecular weight excluding hydrogens is 576 g/mol. The first-order valence-electron chi connectivity index (χ1n) is 13.3. The first-order valence-corrected chi connectivity index (χ1v) is 13.3. The Kier molecular flexibility index (Phi) is 16.5. The van der Waals surface area contributed by atoms with Crippen molar-refractivity contribution in [2.24, 2.45) is 23.7 Å². The van der Waals surface area contributed by atoms with Crippen molar-refractivity contribution in [1.29, 1.82) is 0 Å². The topological polar surface area (TPSA) is 52.6 Å². The lowest BCUT2D eigenvalue weighted by molar-refractivity contribution is -0.870. The van der Waals surface area contributed by atoms with Crippen molar-refractivity contribution in [3.05, 3.63) is 0 Å². The quantitative estimate of drug-likeness (QED) is 0.191. The molecule has 0 aliphatic heterocycles. The molecule has 0 saturated heterocycles. The highest BCUT2D eigenvalue weighted by Crippen LogP contribution is 2.39. The van der Waals surface area contributed by atoms with E-state index in [1.54, 1.807) is 0 Å². The molecule has 0 aromatic heterocycles. The number of hydrogen-bond donors (Lipinski definition) is 0. The van der Waals surface area contributed by atoms with Gasteiger partial charge in [0.25, 0.3) is 0 Å². The van der Waals surface area contributed by atoms with E-state index in [9.17, 15) is 9.59 Å². The zero-order valence-electron chi connectivity index (χ0n) is 23.2. The molecule has 208 valence electrons. The van der Waals surface area contributed by atoms with Gasteiger partial charge >= 0.3 is 11.9 Å². The van der Waals surface area contributed by atoms with Gasteiger partial charge in [-0.3, -0.25) is 9.59 Å². The molecule has 0 spiro atoms. The second-order valence-corrected chi connectivity index (χ2v) is 12.9. The zero-order chi connectivity index (χ0) is 24.5. The summed E-state index contributed by atoms with van der Waals surface area (Å²) in [6.45, 7) is 2.76. The fourth-order valence-electron chi connectivity index (χ4n) is 5.27. The fraction of sp³-hybridized carbons (Fsp3) is 0.926. The number of halogens is 2. The summed E-state index contributed by atoms with van der Waals surface area (Å²) in [5, 5.41) is 0. The number of rotatable bonds is 12. The summed E-state index contributed by atoms with van der Waals surface area (Å²) in [6, 6.07) is 0. The Morgan fingerprint density at radius 3 is 1.14 bits per heavy atom. The normalized spacial score (nSPS) is 25.1. The molecule has 0 atom stereocenters. The predicted molar refractivity (Wildman–Crippen MR) is 132 cm³/mol. The van der Waals surface area contributed by atoms with Crippen LogP contribution in [0.25, 0.3) is 0 Å². The van der Waals surface area contributed by atoms with Crippen LogP contribution in [-0.4, -0.2) is 89.5 Å². The summed E-state index contributed by atoms with van der Waals surface area (Å²) in [5.74, 6) is 2.63. The minimum absolute atomic E-state index is 0. The minimum atomic E-state index is -0.0128. The van der Waals surface area contributed by atoms with Crippen LogP contribution in [0.5, 0.6) is 0 Å². The number of hydrogen-bond acceptors (Lipinski definition) is 4. The first kappa shape index (κ1) is 34.8. The number of esters is 2. The van der Waals surface area contributed by atoms with Crippen LogP contribution in [0.1, 0.15) is 70.6 Å². The molecule has 0 amide bonds. The Morgan fingerprint density at radius 1 is 0.571 bits per heavy atom. The first-order chi connectivity index (χ1) is 15.4. The lowest BCUT2D eigenvalue weighted by atomic mass is 9.72. The fourth-order valence-corrected chi connectivity index (χ4v) is 5.27. The van der Waals surface area contributed by atoms with Crippen LogP contribution in [0.3, 0.4) is 0 Å². The number of carbonyl (C=O) groups excluding carboxylic acids is 2. The summed E-state index contributed by atoms with van der Waals surface area (Å²) in [6.07, 6.45) is 12.2. The van der Waals surface area contributed by atoms with Crippen molar-refractivity contribution in [3.8, 4) is 0 Å². The molecule has 6 nitrogen and oxygen atoms in total. The maximum atomic E-state index is 12.1. The standard InChI is InChI=1S/C27H52N2O4.2BrH/c1-28(2,3)15-17-32-26(30)20-24-11-7-22(8-12-24)19-23-9-13-25(14-10-23)21-27(31)33-18-16-29(4,5)6;;/h22-25H,7-21H2,1-6H3;2*1H/q+2;;/p-2. The Balaban J connectivity index is 0.00000578. The molecule has 2 aliphatic rings. The SMILES string of the molecule is C[N+](C)(C)CCOC(=O)CC1CCC(CC2CCC(CC(=O)OCC[N+](C)(C)C)CC2)CC1.[Br-].[Br-]. The molecule has 0 heterocycles. The number of carbonyl (C=O) groups is 2. The van der Waals surface area contributed by atoms with Gasteiger partial charge in [-0.15, -0.1) is 0 Å². The van der Waals surface area contributed by atoms with Gasteiger partial charge < -0.3 is 52.4 Å². The number of quaternary nitrogens is 2. The van der Waals surface area contributed by atoms with E-state index >= 15 is 0 Å². The van der Waals surface area contributed by atoms with Crippen molar-refractivity contribution >= 4 is 11.9 Å². The minimum Gasteiger partial charge on any atom is -1.00 e. The third kappa shape index (κ3) is 16.3. The van der Waals surface area contributed by atoms with Crippen LogP contribution in [0.15, 0.2) is 0 Å². The lowest BCUT2D eigenvalue weighted by Gasteiger charge is -2.34. The number of nitrogens with zero attached hydrogens (tertiary/aromatic N) is 2. The molecule has 35 heavy (non-hydrogen) atoms. The molecule has 0 aromatic carbocycles. The maximum Gasteiger partial charge on any atom is 0.306 e. The molecule has 2 aliphatic carbocycles. The van der Waals surface area contributed by atoms with Gasteiger partial charge in [0.05, 0.1) is 42.3 Å². The summed E-state index contributed by atoms with van der Waals surface area (Å²) in [5.41, 5.74) is 0. The monoisotopic (exact) mass is 626 g/mol. The van der Waals surface area contributed by atoms with E-state index in [0.29, 0.717) is 37.9 Å². The molecular formula is C27H52Br2N2O4. The van der Waals surface area contributed by atoms with E-state index in [1.165, 1.54) is 57.8 Å². The van der Waals surface area contributed by atoms with Crippen molar-refractivity contribution in [2.75, 3.05) is 68.6 Å². The van der Waals surface area contributed by atoms with Crippen LogP contribution in [0.2, 0.25) is 0 Å². The van der Waals surface area contributed by atoms with Crippen LogP contribution < -0.4 is 34.0 Å². The van der Waals surface area contributed by atoms with Gasteiger partial charge in [-0.05, 0) is 55.8 Å². The van der Waals surface area contributed by atoms with Gasteiger partial charge in [0.2, 0.25) is 0 Å². The molecule has 2 fully saturated rings. The van der Waals surface area contributed by atoms with Crippen LogP contribution in [-0.2, 0) is 19.1 Å². The van der Waals surface area contributed by atoms with Crippen molar-refractivity contribution < 1.29 is 62.0 Å². The van der Waals surface area contributed by atoms with E-state index in [-0.39, 0.29) is 45.9 Å². The number of likely N-dealkylation sites (N-methyl/N-ethyl adjacent to an activating group) is 2. The van der Waals surface area contributed by atoms with Gasteiger partial charge in [-0.25, -0.2) is 0 Å². The maximum absolute atomic E-state index is 12.1. The summed E-state index contributed by atoms with van der Waals surface area (Å²) < 4.78 is 12.6. The molecule has 0 unspecified atom stereocenters. The predicted octanol–water partition coefficient (Wildman–Crippen LogP) is -1.72. The zero-order valence-corrected chi connectivity index (χ0v) is 26.4. The third-order valence-corrected chi connectivity index (χ3v) is 7.56. The van der Waals surface area contributed by atoms with Gasteiger partial charge in [-0.1, -0.05) is 25.7 Å². The molecule has 0 bridgehead atoms. The van der Waals surface area contributed by atoms with Gasteiger partial charge in [0.1, 0.15) is 26.3 Å². The van der Waals surface area contributed by atoms with Crippen molar-refractivity contribution in [3.63, 3.8) is 0 Å². The highest BCUT2D eigenvalue weighted by molar-refractivity contribution is 5.70. The lowest BCUT2D eigenvalue weighted by Crippen LogP contribution is -3.00. The molecule has 2 saturated carbocycles. The largest absolute Gasteiger partial charge is 1.00 e. The average molecular weight is 629 g/mol.